The Hall–Kier alpha value is -3.39. The van der Waals surface area contributed by atoms with Crippen LogP contribution in [0.2, 0.25) is 0 Å². The zero-order valence-corrected chi connectivity index (χ0v) is 17.2. The molecule has 1 N–H and O–H groups in total. The molecule has 1 aromatic carbocycles. The Morgan fingerprint density at radius 3 is 2.97 bits per heavy atom. The summed E-state index contributed by atoms with van der Waals surface area (Å²) in [6.07, 6.45) is 3.21. The Labute approximate surface area is 176 Å². The second-order valence-electron chi connectivity index (χ2n) is 6.74. The fourth-order valence-corrected chi connectivity index (χ4v) is 3.94. The standard InChI is InChI=1S/C22H20N4O3S/c1-3-11-26-21(28)16-8-6-10-23-20(16)25-22(26)30-13-19(27)24-14(2)18-12-15-7-4-5-9-17(15)29-18/h3-10,12,14H,1,11,13H2,2H3,(H,24,27). The molecule has 4 rings (SSSR count). The number of fused-ring (bicyclic) bond motifs is 2. The first-order valence-corrected chi connectivity index (χ1v) is 10.4. The van der Waals surface area contributed by atoms with Crippen LogP contribution in [0.25, 0.3) is 22.0 Å². The number of furan rings is 1. The number of carbonyl (C=O) groups excluding carboxylic acids is 1. The number of amides is 1. The van der Waals surface area contributed by atoms with Crippen molar-refractivity contribution in [2.45, 2.75) is 24.7 Å². The van der Waals surface area contributed by atoms with Crippen LogP contribution in [-0.4, -0.2) is 26.2 Å². The Bertz CT molecular complexity index is 1260. The lowest BCUT2D eigenvalue weighted by Gasteiger charge is -2.13. The summed E-state index contributed by atoms with van der Waals surface area (Å²) in [7, 11) is 0. The van der Waals surface area contributed by atoms with Crippen LogP contribution >= 0.6 is 11.8 Å². The molecule has 3 heterocycles. The smallest absolute Gasteiger partial charge is 0.263 e. The number of allylic oxidation sites excluding steroid dienone is 1. The lowest BCUT2D eigenvalue weighted by atomic mass is 10.2. The van der Waals surface area contributed by atoms with Crippen molar-refractivity contribution in [1.82, 2.24) is 19.9 Å². The number of aromatic nitrogens is 3. The largest absolute Gasteiger partial charge is 0.459 e. The second-order valence-corrected chi connectivity index (χ2v) is 7.68. The molecular weight excluding hydrogens is 400 g/mol. The van der Waals surface area contributed by atoms with Gasteiger partial charge in [0, 0.05) is 18.1 Å². The summed E-state index contributed by atoms with van der Waals surface area (Å²) in [6.45, 7) is 5.87. The first kappa shape index (κ1) is 19.9. The molecule has 0 aliphatic heterocycles. The van der Waals surface area contributed by atoms with E-state index in [1.54, 1.807) is 24.4 Å². The highest BCUT2D eigenvalue weighted by molar-refractivity contribution is 7.99. The Balaban J connectivity index is 1.49. The van der Waals surface area contributed by atoms with Crippen LogP contribution in [0.3, 0.4) is 0 Å². The molecule has 7 nitrogen and oxygen atoms in total. The molecule has 4 aromatic rings. The SMILES string of the molecule is C=CCn1c(SCC(=O)NC(C)c2cc3ccccc3o2)nc2ncccc2c1=O. The van der Waals surface area contributed by atoms with Gasteiger partial charge >= 0.3 is 0 Å². The Morgan fingerprint density at radius 1 is 1.33 bits per heavy atom. The average Bonchev–Trinajstić information content (AvgIpc) is 3.19. The Kier molecular flexibility index (Phi) is 5.67. The normalized spacial score (nSPS) is 12.2. The van der Waals surface area contributed by atoms with Crippen molar-refractivity contribution < 1.29 is 9.21 Å². The number of benzene rings is 1. The van der Waals surface area contributed by atoms with Gasteiger partial charge in [0.25, 0.3) is 5.56 Å². The van der Waals surface area contributed by atoms with E-state index in [0.29, 0.717) is 28.5 Å². The lowest BCUT2D eigenvalue weighted by molar-refractivity contribution is -0.119. The molecular formula is C22H20N4O3S. The van der Waals surface area contributed by atoms with E-state index in [9.17, 15) is 9.59 Å². The van der Waals surface area contributed by atoms with E-state index in [2.05, 4.69) is 21.9 Å². The highest BCUT2D eigenvalue weighted by atomic mass is 32.2. The maximum atomic E-state index is 12.7. The number of para-hydroxylation sites is 1. The van der Waals surface area contributed by atoms with Crippen molar-refractivity contribution in [3.05, 3.63) is 77.4 Å². The number of carbonyl (C=O) groups is 1. The molecule has 8 heteroatoms. The summed E-state index contributed by atoms with van der Waals surface area (Å²) in [5, 5.41) is 4.78. The third-order valence-corrected chi connectivity index (χ3v) is 5.56. The minimum Gasteiger partial charge on any atom is -0.459 e. The highest BCUT2D eigenvalue weighted by Crippen LogP contribution is 2.24. The molecule has 0 saturated carbocycles. The van der Waals surface area contributed by atoms with E-state index in [0.717, 1.165) is 11.0 Å². The van der Waals surface area contributed by atoms with Gasteiger partial charge in [0.2, 0.25) is 5.91 Å². The van der Waals surface area contributed by atoms with E-state index in [1.807, 2.05) is 37.3 Å². The molecule has 152 valence electrons. The Morgan fingerprint density at radius 2 is 2.17 bits per heavy atom. The van der Waals surface area contributed by atoms with E-state index < -0.39 is 0 Å². The maximum absolute atomic E-state index is 12.7. The average molecular weight is 420 g/mol. The van der Waals surface area contributed by atoms with Crippen LogP contribution in [-0.2, 0) is 11.3 Å². The van der Waals surface area contributed by atoms with Gasteiger partial charge < -0.3 is 9.73 Å². The maximum Gasteiger partial charge on any atom is 0.263 e. The predicted octanol–water partition coefficient (Wildman–Crippen LogP) is 3.69. The van der Waals surface area contributed by atoms with Gasteiger partial charge in [-0.3, -0.25) is 14.2 Å². The summed E-state index contributed by atoms with van der Waals surface area (Å²) in [5.41, 5.74) is 0.942. The zero-order valence-electron chi connectivity index (χ0n) is 16.4. The van der Waals surface area contributed by atoms with Crippen molar-refractivity contribution >= 4 is 39.7 Å². The van der Waals surface area contributed by atoms with Crippen molar-refractivity contribution in [1.29, 1.82) is 0 Å². The van der Waals surface area contributed by atoms with Crippen LogP contribution in [0, 0.1) is 0 Å². The van der Waals surface area contributed by atoms with Gasteiger partial charge in [-0.15, -0.1) is 6.58 Å². The molecule has 0 saturated heterocycles. The number of thioether (sulfide) groups is 1. The number of rotatable bonds is 7. The fourth-order valence-electron chi connectivity index (χ4n) is 3.14. The molecule has 0 spiro atoms. The quantitative estimate of drug-likeness (QED) is 0.279. The predicted molar refractivity (Wildman–Crippen MR) is 117 cm³/mol. The number of hydrogen-bond acceptors (Lipinski definition) is 6. The van der Waals surface area contributed by atoms with Crippen LogP contribution in [0.5, 0.6) is 0 Å². The first-order chi connectivity index (χ1) is 14.6. The van der Waals surface area contributed by atoms with Gasteiger partial charge in [0.1, 0.15) is 11.3 Å². The molecule has 0 bridgehead atoms. The summed E-state index contributed by atoms with van der Waals surface area (Å²) >= 11 is 1.19. The van der Waals surface area contributed by atoms with Crippen LogP contribution in [0.15, 0.2) is 75.7 Å². The van der Waals surface area contributed by atoms with Crippen LogP contribution in [0.4, 0.5) is 0 Å². The topological polar surface area (TPSA) is 90.0 Å². The minimum atomic E-state index is -0.285. The monoisotopic (exact) mass is 420 g/mol. The zero-order chi connectivity index (χ0) is 21.1. The highest BCUT2D eigenvalue weighted by Gasteiger charge is 2.16. The molecule has 3 aromatic heterocycles. The lowest BCUT2D eigenvalue weighted by Crippen LogP contribution is -2.29. The summed E-state index contributed by atoms with van der Waals surface area (Å²) in [4.78, 5) is 33.9. The minimum absolute atomic E-state index is 0.104. The fraction of sp³-hybridized carbons (Fsp3) is 0.182. The molecule has 0 radical (unpaired) electrons. The van der Waals surface area contributed by atoms with Crippen LogP contribution < -0.4 is 10.9 Å². The van der Waals surface area contributed by atoms with Crippen molar-refractivity contribution in [2.75, 3.05) is 5.75 Å². The first-order valence-electron chi connectivity index (χ1n) is 9.44. The van der Waals surface area contributed by atoms with E-state index in [1.165, 1.54) is 16.3 Å². The van der Waals surface area contributed by atoms with Gasteiger partial charge in [-0.1, -0.05) is 36.0 Å². The van der Waals surface area contributed by atoms with Gasteiger partial charge in [0.05, 0.1) is 17.2 Å². The molecule has 1 amide bonds. The van der Waals surface area contributed by atoms with Crippen molar-refractivity contribution in [3.8, 4) is 0 Å². The van der Waals surface area contributed by atoms with E-state index >= 15 is 0 Å². The summed E-state index contributed by atoms with van der Waals surface area (Å²) < 4.78 is 7.31. The molecule has 30 heavy (non-hydrogen) atoms. The second kappa shape index (κ2) is 8.54. The van der Waals surface area contributed by atoms with Gasteiger partial charge in [-0.05, 0) is 31.2 Å². The molecule has 1 unspecified atom stereocenters. The molecule has 0 fully saturated rings. The van der Waals surface area contributed by atoms with Crippen LogP contribution in [0.1, 0.15) is 18.7 Å². The van der Waals surface area contributed by atoms with Gasteiger partial charge in [-0.25, -0.2) is 9.97 Å². The number of nitrogens with zero attached hydrogens (tertiary/aromatic N) is 3. The van der Waals surface area contributed by atoms with E-state index in [-0.39, 0.29) is 23.3 Å². The number of hydrogen-bond donors (Lipinski definition) is 1. The summed E-state index contributed by atoms with van der Waals surface area (Å²) in [6, 6.07) is 12.7. The number of pyridine rings is 1. The summed E-state index contributed by atoms with van der Waals surface area (Å²) in [5.74, 6) is 0.603. The molecule has 0 aliphatic rings. The third kappa shape index (κ3) is 3.99. The molecule has 0 aliphatic carbocycles. The van der Waals surface area contributed by atoms with Crippen molar-refractivity contribution in [2.24, 2.45) is 0 Å². The third-order valence-electron chi connectivity index (χ3n) is 4.59. The van der Waals surface area contributed by atoms with Crippen molar-refractivity contribution in [3.63, 3.8) is 0 Å². The van der Waals surface area contributed by atoms with Gasteiger partial charge in [-0.2, -0.15) is 0 Å². The number of nitrogens with one attached hydrogen (secondary N) is 1. The molecule has 1 atom stereocenters. The van der Waals surface area contributed by atoms with E-state index in [4.69, 9.17) is 4.42 Å². The van der Waals surface area contributed by atoms with Gasteiger partial charge in [0.15, 0.2) is 10.8 Å².